The molecule has 0 aromatic carbocycles. The van der Waals surface area contributed by atoms with Crippen molar-refractivity contribution in [1.29, 1.82) is 0 Å². The molecular formula is C85H165NO5. The summed E-state index contributed by atoms with van der Waals surface area (Å²) in [7, 11) is 0. The van der Waals surface area contributed by atoms with Gasteiger partial charge in [0.1, 0.15) is 0 Å². The van der Waals surface area contributed by atoms with Crippen molar-refractivity contribution in [3.63, 3.8) is 0 Å². The molecule has 0 radical (unpaired) electrons. The molecule has 0 aliphatic heterocycles. The van der Waals surface area contributed by atoms with E-state index in [1.165, 1.54) is 411 Å². The van der Waals surface area contributed by atoms with Gasteiger partial charge in [-0.3, -0.25) is 9.59 Å². The average molecular weight is 1280 g/mol. The van der Waals surface area contributed by atoms with Gasteiger partial charge in [0, 0.05) is 12.8 Å². The molecule has 0 spiro atoms. The molecule has 0 aromatic heterocycles. The van der Waals surface area contributed by atoms with Crippen LogP contribution in [-0.4, -0.2) is 47.4 Å². The number of aliphatic hydroxyl groups is 2. The van der Waals surface area contributed by atoms with Crippen molar-refractivity contribution in [3.8, 4) is 0 Å². The van der Waals surface area contributed by atoms with Crippen LogP contribution in [0.3, 0.4) is 0 Å². The molecule has 6 nitrogen and oxygen atoms in total. The number of amides is 1. The third-order valence-electron chi connectivity index (χ3n) is 20.0. The second-order valence-electron chi connectivity index (χ2n) is 29.2. The lowest BCUT2D eigenvalue weighted by molar-refractivity contribution is -0.143. The Morgan fingerprint density at radius 2 is 0.516 bits per heavy atom. The summed E-state index contributed by atoms with van der Waals surface area (Å²) in [6, 6.07) is -0.540. The zero-order chi connectivity index (χ0) is 65.6. The van der Waals surface area contributed by atoms with Crippen molar-refractivity contribution in [2.24, 2.45) is 0 Å². The summed E-state index contributed by atoms with van der Waals surface area (Å²) in [5.41, 5.74) is 0. The SMILES string of the molecule is CCCCCCCC/C=C\CCCCCCCCCCCC(=O)OCCCCCCCCCCCCCC/C=C\CCCCCCCCCCCCCCCCCCCC(=O)NC(CO)C(O)CCCCCCCCCCCCCCCCCCCCCCCC. The first-order valence-corrected chi connectivity index (χ1v) is 42.1. The van der Waals surface area contributed by atoms with E-state index in [4.69, 9.17) is 4.74 Å². The average Bonchev–Trinajstić information content (AvgIpc) is 3.58. The maximum Gasteiger partial charge on any atom is 0.305 e. The minimum absolute atomic E-state index is 0.0195. The van der Waals surface area contributed by atoms with Crippen LogP contribution in [0.15, 0.2) is 24.3 Å². The van der Waals surface area contributed by atoms with Crippen molar-refractivity contribution in [3.05, 3.63) is 24.3 Å². The topological polar surface area (TPSA) is 95.9 Å². The third-order valence-corrected chi connectivity index (χ3v) is 20.0. The lowest BCUT2D eigenvalue weighted by atomic mass is 10.0. The standard InChI is InChI=1S/C85H165NO5/c1-3-5-7-9-11-13-15-17-19-21-23-24-38-42-45-49-53-57-61-65-69-73-77-83(88)82(81-87)86-84(89)78-74-70-66-62-58-54-50-46-43-39-36-34-32-30-28-26-25-27-29-31-33-35-37-40-44-48-52-56-60-64-68-72-76-80-91-85(90)79-75-71-67-63-59-55-51-47-41-22-20-18-16-14-12-10-8-6-4-2/h18,20,29,31,82-83,87-88H,3-17,19,21-28,30,32-81H2,1-2H3,(H,86,89)/b20-18-,31-29-. The molecule has 2 atom stereocenters. The number of allylic oxidation sites excluding steroid dienone is 4. The summed E-state index contributed by atoms with van der Waals surface area (Å²) >= 11 is 0. The number of rotatable bonds is 80. The van der Waals surface area contributed by atoms with E-state index in [1.54, 1.807) is 0 Å². The largest absolute Gasteiger partial charge is 0.466 e. The molecule has 0 saturated carbocycles. The van der Waals surface area contributed by atoms with Crippen molar-refractivity contribution in [2.75, 3.05) is 13.2 Å². The maximum absolute atomic E-state index is 12.6. The summed E-state index contributed by atoms with van der Waals surface area (Å²) in [5, 5.41) is 23.5. The number of carbonyl (C=O) groups excluding carboxylic acids is 2. The van der Waals surface area contributed by atoms with Gasteiger partial charge >= 0.3 is 5.97 Å². The molecule has 0 aliphatic rings. The first kappa shape index (κ1) is 89.3. The minimum Gasteiger partial charge on any atom is -0.466 e. The van der Waals surface area contributed by atoms with Gasteiger partial charge in [-0.1, -0.05) is 417 Å². The van der Waals surface area contributed by atoms with Crippen LogP contribution in [0.25, 0.3) is 0 Å². The summed E-state index contributed by atoms with van der Waals surface area (Å²) in [6.07, 6.45) is 104. The monoisotopic (exact) mass is 1280 g/mol. The van der Waals surface area contributed by atoms with Crippen LogP contribution in [0.4, 0.5) is 0 Å². The second kappa shape index (κ2) is 80.8. The molecule has 540 valence electrons. The highest BCUT2D eigenvalue weighted by Crippen LogP contribution is 2.20. The number of hydrogen-bond acceptors (Lipinski definition) is 5. The van der Waals surface area contributed by atoms with Gasteiger partial charge in [-0.15, -0.1) is 0 Å². The molecule has 0 aliphatic carbocycles. The van der Waals surface area contributed by atoms with Gasteiger partial charge in [-0.05, 0) is 77.0 Å². The number of aliphatic hydroxyl groups excluding tert-OH is 2. The molecule has 1 amide bonds. The number of ether oxygens (including phenoxy) is 1. The molecule has 0 rings (SSSR count). The number of carbonyl (C=O) groups is 2. The summed E-state index contributed by atoms with van der Waals surface area (Å²) in [6.45, 7) is 5.01. The lowest BCUT2D eigenvalue weighted by Gasteiger charge is -2.22. The quantitative estimate of drug-likeness (QED) is 0.0320. The van der Waals surface area contributed by atoms with E-state index in [1.807, 2.05) is 0 Å². The molecule has 0 bridgehead atoms. The van der Waals surface area contributed by atoms with Crippen molar-refractivity contribution in [1.82, 2.24) is 5.32 Å². The molecule has 91 heavy (non-hydrogen) atoms. The number of nitrogens with one attached hydrogen (secondary N) is 1. The normalized spacial score (nSPS) is 12.5. The van der Waals surface area contributed by atoms with E-state index < -0.39 is 12.1 Å². The van der Waals surface area contributed by atoms with E-state index in [2.05, 4.69) is 43.5 Å². The Morgan fingerprint density at radius 3 is 0.780 bits per heavy atom. The van der Waals surface area contributed by atoms with Crippen molar-refractivity contribution < 1.29 is 24.5 Å². The summed E-state index contributed by atoms with van der Waals surface area (Å²) in [5.74, 6) is -0.00654. The Hall–Kier alpha value is -1.66. The minimum atomic E-state index is -0.663. The van der Waals surface area contributed by atoms with Gasteiger partial charge in [-0.2, -0.15) is 0 Å². The van der Waals surface area contributed by atoms with Crippen LogP contribution >= 0.6 is 0 Å². The van der Waals surface area contributed by atoms with Gasteiger partial charge in [0.25, 0.3) is 0 Å². The highest BCUT2D eigenvalue weighted by Gasteiger charge is 2.20. The zero-order valence-corrected chi connectivity index (χ0v) is 62.1. The third kappa shape index (κ3) is 77.2. The highest BCUT2D eigenvalue weighted by atomic mass is 16.5. The summed E-state index contributed by atoms with van der Waals surface area (Å²) < 4.78 is 5.52. The Balaban J connectivity index is 3.34. The van der Waals surface area contributed by atoms with E-state index in [-0.39, 0.29) is 18.5 Å². The smallest absolute Gasteiger partial charge is 0.305 e. The van der Waals surface area contributed by atoms with Crippen molar-refractivity contribution in [2.45, 2.75) is 495 Å². The molecule has 0 saturated heterocycles. The molecule has 0 heterocycles. The van der Waals surface area contributed by atoms with Crippen LogP contribution in [-0.2, 0) is 14.3 Å². The Kier molecular flexibility index (Phi) is 79.3. The molecular weight excluding hydrogens is 1110 g/mol. The summed E-state index contributed by atoms with van der Waals surface area (Å²) in [4.78, 5) is 24.7. The van der Waals surface area contributed by atoms with Gasteiger partial charge in [-0.25, -0.2) is 0 Å². The predicted molar refractivity (Wildman–Crippen MR) is 403 cm³/mol. The van der Waals surface area contributed by atoms with Gasteiger partial charge in [0.2, 0.25) is 5.91 Å². The fourth-order valence-corrected chi connectivity index (χ4v) is 13.6. The molecule has 0 aromatic rings. The molecule has 2 unspecified atom stereocenters. The van der Waals surface area contributed by atoms with Crippen LogP contribution in [0.1, 0.15) is 483 Å². The zero-order valence-electron chi connectivity index (χ0n) is 62.1. The van der Waals surface area contributed by atoms with E-state index in [9.17, 15) is 19.8 Å². The van der Waals surface area contributed by atoms with Crippen LogP contribution < -0.4 is 5.32 Å². The first-order chi connectivity index (χ1) is 45.0. The fraction of sp³-hybridized carbons (Fsp3) is 0.929. The van der Waals surface area contributed by atoms with Crippen LogP contribution in [0, 0.1) is 0 Å². The Bertz CT molecular complexity index is 1430. The second-order valence-corrected chi connectivity index (χ2v) is 29.2. The lowest BCUT2D eigenvalue weighted by Crippen LogP contribution is -2.45. The Labute approximate surface area is 571 Å². The van der Waals surface area contributed by atoms with Gasteiger partial charge in [0.15, 0.2) is 0 Å². The Morgan fingerprint density at radius 1 is 0.297 bits per heavy atom. The highest BCUT2D eigenvalue weighted by molar-refractivity contribution is 5.76. The number of unbranched alkanes of at least 4 members (excludes halogenated alkanes) is 65. The van der Waals surface area contributed by atoms with Gasteiger partial charge < -0.3 is 20.3 Å². The van der Waals surface area contributed by atoms with Crippen LogP contribution in [0.2, 0.25) is 0 Å². The number of esters is 1. The van der Waals surface area contributed by atoms with E-state index in [0.29, 0.717) is 25.9 Å². The molecule has 6 heteroatoms. The van der Waals surface area contributed by atoms with E-state index in [0.717, 1.165) is 38.5 Å². The van der Waals surface area contributed by atoms with Crippen LogP contribution in [0.5, 0.6) is 0 Å². The first-order valence-electron chi connectivity index (χ1n) is 42.1. The molecule has 0 fully saturated rings. The predicted octanol–water partition coefficient (Wildman–Crippen LogP) is 28.0. The van der Waals surface area contributed by atoms with Crippen molar-refractivity contribution >= 4 is 11.9 Å². The van der Waals surface area contributed by atoms with Gasteiger partial charge in [0.05, 0.1) is 25.4 Å². The fourth-order valence-electron chi connectivity index (χ4n) is 13.6. The maximum atomic E-state index is 12.6. The van der Waals surface area contributed by atoms with E-state index >= 15 is 0 Å². The number of hydrogen-bond donors (Lipinski definition) is 3. The molecule has 3 N–H and O–H groups in total.